The van der Waals surface area contributed by atoms with Gasteiger partial charge in [0.25, 0.3) is 0 Å². The van der Waals surface area contributed by atoms with E-state index in [9.17, 15) is 5.11 Å². The maximum Gasteiger partial charge on any atom is 0.150 e. The first-order chi connectivity index (χ1) is 12.7. The topological polar surface area (TPSA) is 61.7 Å². The summed E-state index contributed by atoms with van der Waals surface area (Å²) in [6.07, 6.45) is 4.93. The van der Waals surface area contributed by atoms with Crippen LogP contribution in [-0.2, 0) is 11.3 Å². The smallest absolute Gasteiger partial charge is 0.150 e. The SMILES string of the molecule is CC1(CCO)CCN(Cc2cc3ncnc(N4CCOCC4)c3s2)CC1. The first-order valence-electron chi connectivity index (χ1n) is 9.56. The van der Waals surface area contributed by atoms with Crippen LogP contribution in [-0.4, -0.2) is 66.0 Å². The van der Waals surface area contributed by atoms with Crippen LogP contribution in [0.25, 0.3) is 10.2 Å². The van der Waals surface area contributed by atoms with Crippen LogP contribution in [0.1, 0.15) is 31.1 Å². The Kier molecular flexibility index (Phi) is 5.40. The van der Waals surface area contributed by atoms with Crippen molar-refractivity contribution >= 4 is 27.4 Å². The molecule has 1 N–H and O–H groups in total. The molecule has 6 nitrogen and oxygen atoms in total. The molecule has 2 aromatic heterocycles. The highest BCUT2D eigenvalue weighted by Gasteiger charge is 2.29. The van der Waals surface area contributed by atoms with Crippen molar-refractivity contribution in [2.45, 2.75) is 32.7 Å². The van der Waals surface area contributed by atoms with Crippen LogP contribution in [0.5, 0.6) is 0 Å². The molecule has 2 aromatic rings. The lowest BCUT2D eigenvalue weighted by atomic mass is 9.78. The van der Waals surface area contributed by atoms with Gasteiger partial charge in [0.15, 0.2) is 0 Å². The van der Waals surface area contributed by atoms with E-state index >= 15 is 0 Å². The van der Waals surface area contributed by atoms with Crippen molar-refractivity contribution in [3.8, 4) is 0 Å². The maximum absolute atomic E-state index is 9.26. The molecule has 0 spiro atoms. The number of aliphatic hydroxyl groups is 1. The van der Waals surface area contributed by atoms with Crippen LogP contribution in [0.4, 0.5) is 5.82 Å². The van der Waals surface area contributed by atoms with Crippen molar-refractivity contribution in [1.29, 1.82) is 0 Å². The van der Waals surface area contributed by atoms with Crippen LogP contribution in [0, 0.1) is 5.41 Å². The summed E-state index contributed by atoms with van der Waals surface area (Å²) in [4.78, 5) is 15.3. The molecule has 4 rings (SSSR count). The summed E-state index contributed by atoms with van der Waals surface area (Å²) in [6, 6.07) is 2.23. The summed E-state index contributed by atoms with van der Waals surface area (Å²) in [7, 11) is 0. The minimum atomic E-state index is 0.301. The summed E-state index contributed by atoms with van der Waals surface area (Å²) in [5.41, 5.74) is 1.36. The van der Waals surface area contributed by atoms with Gasteiger partial charge in [0.2, 0.25) is 0 Å². The van der Waals surface area contributed by atoms with Crippen LogP contribution in [0.2, 0.25) is 0 Å². The highest BCUT2D eigenvalue weighted by Crippen LogP contribution is 2.36. The molecule has 0 unspecified atom stereocenters. The Balaban J connectivity index is 1.46. The fourth-order valence-corrected chi connectivity index (χ4v) is 5.13. The number of ether oxygens (including phenoxy) is 1. The Bertz CT molecular complexity index is 736. The van der Waals surface area contributed by atoms with E-state index in [-0.39, 0.29) is 0 Å². The number of likely N-dealkylation sites (tertiary alicyclic amines) is 1. The van der Waals surface area contributed by atoms with Gasteiger partial charge in [0, 0.05) is 31.1 Å². The van der Waals surface area contributed by atoms with Gasteiger partial charge < -0.3 is 14.7 Å². The molecular formula is C19H28N4O2S. The van der Waals surface area contributed by atoms with Gasteiger partial charge in [0.05, 0.1) is 23.4 Å². The van der Waals surface area contributed by atoms with Gasteiger partial charge in [-0.25, -0.2) is 9.97 Å². The number of hydrogen-bond acceptors (Lipinski definition) is 7. The molecule has 0 bridgehead atoms. The molecule has 0 atom stereocenters. The largest absolute Gasteiger partial charge is 0.396 e. The fourth-order valence-electron chi connectivity index (χ4n) is 3.96. The van der Waals surface area contributed by atoms with Gasteiger partial charge in [0.1, 0.15) is 12.1 Å². The molecule has 26 heavy (non-hydrogen) atoms. The zero-order valence-corrected chi connectivity index (χ0v) is 16.3. The molecule has 0 saturated carbocycles. The predicted molar refractivity (Wildman–Crippen MR) is 105 cm³/mol. The summed E-state index contributed by atoms with van der Waals surface area (Å²) >= 11 is 1.83. The van der Waals surface area contributed by atoms with Crippen molar-refractivity contribution in [3.05, 3.63) is 17.3 Å². The van der Waals surface area contributed by atoms with Crippen LogP contribution in [0.15, 0.2) is 12.4 Å². The molecule has 2 aliphatic heterocycles. The van der Waals surface area contributed by atoms with E-state index in [2.05, 4.69) is 32.8 Å². The second kappa shape index (κ2) is 7.76. The average Bonchev–Trinajstić information content (AvgIpc) is 3.07. The Hall–Kier alpha value is -1.28. The van der Waals surface area contributed by atoms with Crippen molar-refractivity contribution < 1.29 is 9.84 Å². The van der Waals surface area contributed by atoms with Crippen molar-refractivity contribution in [3.63, 3.8) is 0 Å². The zero-order valence-electron chi connectivity index (χ0n) is 15.5. The Morgan fingerprint density at radius 1 is 1.19 bits per heavy atom. The minimum Gasteiger partial charge on any atom is -0.396 e. The third-order valence-corrected chi connectivity index (χ3v) is 6.92. The Labute approximate surface area is 158 Å². The van der Waals surface area contributed by atoms with E-state index in [0.29, 0.717) is 12.0 Å². The fraction of sp³-hybridized carbons (Fsp3) is 0.684. The third-order valence-electron chi connectivity index (χ3n) is 5.81. The number of morpholine rings is 1. The van der Waals surface area contributed by atoms with Crippen molar-refractivity contribution in [2.24, 2.45) is 5.41 Å². The van der Waals surface area contributed by atoms with Gasteiger partial charge in [-0.15, -0.1) is 11.3 Å². The number of thiophene rings is 1. The molecule has 0 aromatic carbocycles. The Morgan fingerprint density at radius 2 is 1.96 bits per heavy atom. The lowest BCUT2D eigenvalue weighted by Gasteiger charge is -2.39. The summed E-state index contributed by atoms with van der Waals surface area (Å²) in [5, 5.41) is 9.26. The standard InChI is InChI=1S/C19H28N4O2S/c1-19(4-9-24)2-5-22(6-3-19)13-15-12-16-17(26-15)18(21-14-20-16)23-7-10-25-11-8-23/h12,14,24H,2-11,13H2,1H3. The first-order valence-corrected chi connectivity index (χ1v) is 10.4. The van der Waals surface area contributed by atoms with Crippen molar-refractivity contribution in [2.75, 3.05) is 50.9 Å². The molecular weight excluding hydrogens is 348 g/mol. The van der Waals surface area contributed by atoms with Crippen LogP contribution < -0.4 is 4.90 Å². The van der Waals surface area contributed by atoms with Gasteiger partial charge >= 0.3 is 0 Å². The second-order valence-corrected chi connectivity index (χ2v) is 8.92. The average molecular weight is 377 g/mol. The lowest BCUT2D eigenvalue weighted by Crippen LogP contribution is -2.38. The van der Waals surface area contributed by atoms with E-state index in [1.54, 1.807) is 6.33 Å². The van der Waals surface area contributed by atoms with Gasteiger partial charge in [-0.2, -0.15) is 0 Å². The van der Waals surface area contributed by atoms with Crippen LogP contribution in [0.3, 0.4) is 0 Å². The number of fused-ring (bicyclic) bond motifs is 1. The molecule has 2 saturated heterocycles. The van der Waals surface area contributed by atoms with Gasteiger partial charge in [-0.05, 0) is 43.8 Å². The zero-order chi connectivity index (χ0) is 18.0. The number of anilines is 1. The van der Waals surface area contributed by atoms with Crippen molar-refractivity contribution in [1.82, 2.24) is 14.9 Å². The number of piperidine rings is 1. The monoisotopic (exact) mass is 376 g/mol. The second-order valence-electron chi connectivity index (χ2n) is 7.78. The van der Waals surface area contributed by atoms with E-state index in [1.165, 1.54) is 9.58 Å². The minimum absolute atomic E-state index is 0.301. The summed E-state index contributed by atoms with van der Waals surface area (Å²) in [5.74, 6) is 1.06. The van der Waals surface area contributed by atoms with Crippen LogP contribution >= 0.6 is 11.3 Å². The van der Waals surface area contributed by atoms with Gasteiger partial charge in [-0.1, -0.05) is 6.92 Å². The number of hydrogen-bond donors (Lipinski definition) is 1. The lowest BCUT2D eigenvalue weighted by molar-refractivity contribution is 0.0871. The number of nitrogens with zero attached hydrogens (tertiary/aromatic N) is 4. The quantitative estimate of drug-likeness (QED) is 0.865. The molecule has 2 fully saturated rings. The number of aromatic nitrogens is 2. The molecule has 0 aliphatic carbocycles. The van der Waals surface area contributed by atoms with E-state index in [4.69, 9.17) is 4.74 Å². The maximum atomic E-state index is 9.26. The van der Waals surface area contributed by atoms with Gasteiger partial charge in [-0.3, -0.25) is 4.90 Å². The Morgan fingerprint density at radius 3 is 2.69 bits per heavy atom. The summed E-state index contributed by atoms with van der Waals surface area (Å²) < 4.78 is 6.67. The summed E-state index contributed by atoms with van der Waals surface area (Å²) in [6.45, 7) is 9.14. The molecule has 142 valence electrons. The molecule has 0 radical (unpaired) electrons. The molecule has 0 amide bonds. The van der Waals surface area contributed by atoms with E-state index in [1.807, 2.05) is 11.3 Å². The number of rotatable bonds is 5. The first kappa shape index (κ1) is 18.1. The predicted octanol–water partition coefficient (Wildman–Crippen LogP) is 2.51. The van der Waals surface area contributed by atoms with E-state index < -0.39 is 0 Å². The molecule has 7 heteroatoms. The highest BCUT2D eigenvalue weighted by molar-refractivity contribution is 7.19. The third kappa shape index (κ3) is 3.86. The molecule has 4 heterocycles. The molecule has 2 aliphatic rings. The van der Waals surface area contributed by atoms with E-state index in [0.717, 1.165) is 76.5 Å². The normalized spacial score (nSPS) is 21.4. The highest BCUT2D eigenvalue weighted by atomic mass is 32.1. The number of aliphatic hydroxyl groups excluding tert-OH is 1.